The Hall–Kier alpha value is -2.44. The number of benzene rings is 2. The van der Waals surface area contributed by atoms with Gasteiger partial charge < -0.3 is 9.47 Å². The van der Waals surface area contributed by atoms with Gasteiger partial charge in [0.2, 0.25) is 0 Å². The Kier molecular flexibility index (Phi) is 6.42. The maximum atomic E-state index is 12.5. The first-order chi connectivity index (χ1) is 13.1. The summed E-state index contributed by atoms with van der Waals surface area (Å²) in [4.78, 5) is 26.2. The summed E-state index contributed by atoms with van der Waals surface area (Å²) in [6.45, 7) is 2.92. The molecular weight excluding hydrogens is 386 g/mol. The average molecular weight is 404 g/mol. The third-order valence-electron chi connectivity index (χ3n) is 3.76. The quantitative estimate of drug-likeness (QED) is 0.618. The van der Waals surface area contributed by atoms with E-state index in [0.717, 1.165) is 23.1 Å². The highest BCUT2D eigenvalue weighted by Crippen LogP contribution is 2.32. The third kappa shape index (κ3) is 5.05. The van der Waals surface area contributed by atoms with Gasteiger partial charge in [0.05, 0.1) is 18.1 Å². The fourth-order valence-corrected chi connectivity index (χ4v) is 3.45. The number of hydrogen-bond acceptors (Lipinski definition) is 5. The summed E-state index contributed by atoms with van der Waals surface area (Å²) in [5.74, 6) is 1.09. The van der Waals surface area contributed by atoms with Crippen LogP contribution in [0.1, 0.15) is 12.5 Å². The molecule has 1 aliphatic heterocycles. The maximum absolute atomic E-state index is 12.5. The molecule has 1 fully saturated rings. The van der Waals surface area contributed by atoms with Crippen LogP contribution in [0, 0.1) is 0 Å². The lowest BCUT2D eigenvalue weighted by atomic mass is 10.2. The highest BCUT2D eigenvalue weighted by Gasteiger charge is 2.34. The van der Waals surface area contributed by atoms with Gasteiger partial charge in [-0.1, -0.05) is 23.7 Å². The first kappa shape index (κ1) is 19.3. The molecular formula is C20H18ClNO4S. The first-order valence-electron chi connectivity index (χ1n) is 8.43. The van der Waals surface area contributed by atoms with Gasteiger partial charge in [0, 0.05) is 5.02 Å². The highest BCUT2D eigenvalue weighted by molar-refractivity contribution is 8.18. The van der Waals surface area contributed by atoms with Crippen molar-refractivity contribution in [3.8, 4) is 11.5 Å². The number of thioether (sulfide) groups is 1. The second-order valence-corrected chi connectivity index (χ2v) is 7.07. The Labute approximate surface area is 166 Å². The minimum atomic E-state index is -0.307. The van der Waals surface area contributed by atoms with Crippen LogP contribution >= 0.6 is 23.4 Å². The molecule has 140 valence electrons. The molecule has 2 aromatic carbocycles. The van der Waals surface area contributed by atoms with Crippen molar-refractivity contribution in [3.05, 3.63) is 64.0 Å². The van der Waals surface area contributed by atoms with Crippen molar-refractivity contribution < 1.29 is 19.1 Å². The highest BCUT2D eigenvalue weighted by atomic mass is 35.5. The molecule has 3 rings (SSSR count). The summed E-state index contributed by atoms with van der Waals surface area (Å²) in [5.41, 5.74) is 0.835. The van der Waals surface area contributed by atoms with Crippen LogP contribution < -0.4 is 9.47 Å². The number of ether oxygens (including phenoxy) is 2. The lowest BCUT2D eigenvalue weighted by Gasteiger charge is -2.13. The zero-order chi connectivity index (χ0) is 19.2. The minimum absolute atomic E-state index is 0.188. The van der Waals surface area contributed by atoms with Gasteiger partial charge in [0.15, 0.2) is 0 Å². The Morgan fingerprint density at radius 3 is 2.30 bits per heavy atom. The molecule has 1 heterocycles. The van der Waals surface area contributed by atoms with Crippen molar-refractivity contribution in [1.29, 1.82) is 0 Å². The van der Waals surface area contributed by atoms with Crippen LogP contribution in [-0.4, -0.2) is 35.8 Å². The molecule has 0 unspecified atom stereocenters. The monoisotopic (exact) mass is 403 g/mol. The second-order valence-electron chi connectivity index (χ2n) is 5.64. The molecule has 2 aromatic rings. The van der Waals surface area contributed by atoms with Gasteiger partial charge in [-0.2, -0.15) is 0 Å². The van der Waals surface area contributed by atoms with Gasteiger partial charge in [0.25, 0.3) is 11.1 Å². The van der Waals surface area contributed by atoms with E-state index in [-0.39, 0.29) is 24.3 Å². The van der Waals surface area contributed by atoms with E-state index in [1.54, 1.807) is 30.3 Å². The molecule has 5 nitrogen and oxygen atoms in total. The van der Waals surface area contributed by atoms with Crippen LogP contribution in [0.25, 0.3) is 6.08 Å². The fourth-order valence-electron chi connectivity index (χ4n) is 2.46. The van der Waals surface area contributed by atoms with E-state index in [4.69, 9.17) is 21.1 Å². The van der Waals surface area contributed by atoms with E-state index < -0.39 is 0 Å². The number of rotatable bonds is 7. The van der Waals surface area contributed by atoms with E-state index >= 15 is 0 Å². The van der Waals surface area contributed by atoms with Gasteiger partial charge in [-0.3, -0.25) is 14.5 Å². The molecule has 0 saturated carbocycles. The molecule has 0 aliphatic carbocycles. The van der Waals surface area contributed by atoms with Crippen molar-refractivity contribution in [2.24, 2.45) is 0 Å². The predicted molar refractivity (Wildman–Crippen MR) is 107 cm³/mol. The van der Waals surface area contributed by atoms with E-state index in [0.29, 0.717) is 22.3 Å². The maximum Gasteiger partial charge on any atom is 0.293 e. The number of halogens is 1. The topological polar surface area (TPSA) is 55.8 Å². The largest absolute Gasteiger partial charge is 0.494 e. The molecule has 1 aliphatic rings. The summed E-state index contributed by atoms with van der Waals surface area (Å²) < 4.78 is 11.0. The number of carbonyl (C=O) groups is 2. The van der Waals surface area contributed by atoms with Crippen molar-refractivity contribution in [1.82, 2.24) is 4.90 Å². The van der Waals surface area contributed by atoms with E-state index in [1.165, 1.54) is 4.90 Å². The summed E-state index contributed by atoms with van der Waals surface area (Å²) in [6, 6.07) is 14.3. The van der Waals surface area contributed by atoms with E-state index in [9.17, 15) is 9.59 Å². The fraction of sp³-hybridized carbons (Fsp3) is 0.200. The molecule has 0 spiro atoms. The van der Waals surface area contributed by atoms with Crippen LogP contribution in [0.15, 0.2) is 53.4 Å². The van der Waals surface area contributed by atoms with Crippen LogP contribution in [0.2, 0.25) is 5.02 Å². The number of amides is 2. The molecule has 0 N–H and O–H groups in total. The Morgan fingerprint density at radius 1 is 1.00 bits per heavy atom. The summed E-state index contributed by atoms with van der Waals surface area (Å²) >= 11 is 6.76. The van der Waals surface area contributed by atoms with Gasteiger partial charge in [-0.25, -0.2) is 0 Å². The minimum Gasteiger partial charge on any atom is -0.494 e. The van der Waals surface area contributed by atoms with Gasteiger partial charge in [-0.05, 0) is 66.7 Å². The zero-order valence-corrected chi connectivity index (χ0v) is 16.3. The van der Waals surface area contributed by atoms with Crippen molar-refractivity contribution >= 4 is 40.6 Å². The molecule has 0 atom stereocenters. The van der Waals surface area contributed by atoms with Gasteiger partial charge >= 0.3 is 0 Å². The summed E-state index contributed by atoms with van der Waals surface area (Å²) in [5, 5.41) is 0.324. The van der Waals surface area contributed by atoms with Crippen LogP contribution in [-0.2, 0) is 4.79 Å². The van der Waals surface area contributed by atoms with E-state index in [2.05, 4.69) is 0 Å². The molecule has 0 bridgehead atoms. The summed E-state index contributed by atoms with van der Waals surface area (Å²) in [6.07, 6.45) is 1.71. The van der Waals surface area contributed by atoms with Crippen molar-refractivity contribution in [2.75, 3.05) is 19.8 Å². The summed E-state index contributed by atoms with van der Waals surface area (Å²) in [7, 11) is 0. The molecule has 27 heavy (non-hydrogen) atoms. The standard InChI is InChI=1S/C20H18ClNO4S/c1-2-25-16-7-3-14(4-8-16)13-18-19(23)22(20(24)27-18)11-12-26-17-9-5-15(21)6-10-17/h3-10,13H,2,11-12H2,1H3/b18-13-. The first-order valence-corrected chi connectivity index (χ1v) is 9.63. The Morgan fingerprint density at radius 2 is 1.63 bits per heavy atom. The van der Waals surface area contributed by atoms with Gasteiger partial charge in [-0.15, -0.1) is 0 Å². The average Bonchev–Trinajstić information content (AvgIpc) is 2.92. The zero-order valence-electron chi connectivity index (χ0n) is 14.7. The SMILES string of the molecule is CCOc1ccc(/C=C2\SC(=O)N(CCOc3ccc(Cl)cc3)C2=O)cc1. The van der Waals surface area contributed by atoms with E-state index in [1.807, 2.05) is 31.2 Å². The number of carbonyl (C=O) groups excluding carboxylic acids is 2. The molecule has 0 aromatic heterocycles. The lowest BCUT2D eigenvalue weighted by molar-refractivity contribution is -0.123. The third-order valence-corrected chi connectivity index (χ3v) is 4.92. The van der Waals surface area contributed by atoms with Crippen LogP contribution in [0.5, 0.6) is 11.5 Å². The van der Waals surface area contributed by atoms with Gasteiger partial charge in [0.1, 0.15) is 18.1 Å². The number of imide groups is 1. The second kappa shape index (κ2) is 8.97. The van der Waals surface area contributed by atoms with Crippen molar-refractivity contribution in [2.45, 2.75) is 6.92 Å². The Bertz CT molecular complexity index is 849. The van der Waals surface area contributed by atoms with Crippen LogP contribution in [0.4, 0.5) is 4.79 Å². The normalized spacial score (nSPS) is 15.5. The molecule has 1 saturated heterocycles. The molecule has 0 radical (unpaired) electrons. The van der Waals surface area contributed by atoms with Crippen LogP contribution in [0.3, 0.4) is 0 Å². The molecule has 2 amide bonds. The van der Waals surface area contributed by atoms with Crippen molar-refractivity contribution in [3.63, 3.8) is 0 Å². The number of hydrogen-bond donors (Lipinski definition) is 0. The number of nitrogens with zero attached hydrogens (tertiary/aromatic N) is 1. The smallest absolute Gasteiger partial charge is 0.293 e. The molecule has 7 heteroatoms. The Balaban J connectivity index is 1.59. The predicted octanol–water partition coefficient (Wildman–Crippen LogP) is 4.85. The lowest BCUT2D eigenvalue weighted by Crippen LogP contribution is -2.32.